The van der Waals surface area contributed by atoms with E-state index in [4.69, 9.17) is 9.47 Å². The molecule has 0 aromatic heterocycles. The van der Waals surface area contributed by atoms with Crippen LogP contribution in [0, 0.1) is 0 Å². The van der Waals surface area contributed by atoms with E-state index in [0.29, 0.717) is 6.42 Å². The third-order valence-corrected chi connectivity index (χ3v) is 14.6. The van der Waals surface area contributed by atoms with Gasteiger partial charge in [0.05, 0.1) is 25.4 Å². The highest BCUT2D eigenvalue weighted by molar-refractivity contribution is 5.80. The first-order valence-corrected chi connectivity index (χ1v) is 30.2. The Morgan fingerprint density at radius 3 is 1.20 bits per heavy atom. The summed E-state index contributed by atoms with van der Waals surface area (Å²) in [5.74, 6) is -0.612. The number of aliphatic hydroxyl groups excluding tert-OH is 6. The predicted octanol–water partition coefficient (Wildman–Crippen LogP) is 13.9. The summed E-state index contributed by atoms with van der Waals surface area (Å²) in [7, 11) is 0. The number of hydrogen-bond donors (Lipinski definition) is 7. The van der Waals surface area contributed by atoms with Gasteiger partial charge in [0, 0.05) is 0 Å². The molecule has 0 saturated carbocycles. The standard InChI is InChI=1S/C60H115NO9/c1-3-5-7-9-11-13-15-17-19-21-22-23-24-25-26-27-28-29-30-31-33-35-37-39-41-43-45-47-49-54(64)59(68)61-52(51-69-60-58(67)57(66)56(65)55(50-62)70-60)53(63)48-46-44-42-40-38-36-34-32-20-18-16-14-12-10-8-6-4-2/h25-26,46,48,52-58,60,62-67H,3-24,27-45,47,49-51H2,1-2H3,(H,61,68)/b26-25-,48-46+. The molecule has 1 aliphatic heterocycles. The molecule has 0 aromatic carbocycles. The SMILES string of the molecule is CCCCCCCCCCCCCC/C=C\CCCCCCCCCCCCCCC(O)C(=O)NC(COC1OC(CO)C(O)C(O)C1O)C(O)/C=C/CCCCCCCCCCCCCCCCC. The van der Waals surface area contributed by atoms with Gasteiger partial charge in [-0.25, -0.2) is 0 Å². The Balaban J connectivity index is 2.22. The fourth-order valence-electron chi connectivity index (χ4n) is 9.75. The highest BCUT2D eigenvalue weighted by atomic mass is 16.7. The molecule has 0 aromatic rings. The van der Waals surface area contributed by atoms with Crippen molar-refractivity contribution < 1.29 is 44.9 Å². The lowest BCUT2D eigenvalue weighted by Crippen LogP contribution is -2.60. The van der Waals surface area contributed by atoms with Gasteiger partial charge in [-0.15, -0.1) is 0 Å². The minimum atomic E-state index is -1.61. The van der Waals surface area contributed by atoms with E-state index in [1.807, 2.05) is 6.08 Å². The lowest BCUT2D eigenvalue weighted by atomic mass is 9.99. The van der Waals surface area contributed by atoms with Crippen molar-refractivity contribution in [1.29, 1.82) is 0 Å². The smallest absolute Gasteiger partial charge is 0.249 e. The van der Waals surface area contributed by atoms with Crippen LogP contribution in [0.4, 0.5) is 0 Å². The molecule has 70 heavy (non-hydrogen) atoms. The van der Waals surface area contributed by atoms with Crippen LogP contribution in [0.15, 0.2) is 24.3 Å². The fourth-order valence-corrected chi connectivity index (χ4v) is 9.75. The van der Waals surface area contributed by atoms with E-state index in [2.05, 4.69) is 31.3 Å². The minimum absolute atomic E-state index is 0.303. The number of carbonyl (C=O) groups excluding carboxylic acids is 1. The molecular formula is C60H115NO9. The Hall–Kier alpha value is -1.37. The number of aliphatic hydroxyl groups is 6. The van der Waals surface area contributed by atoms with E-state index in [1.165, 1.54) is 225 Å². The first kappa shape index (κ1) is 66.6. The molecule has 1 saturated heterocycles. The molecule has 0 bridgehead atoms. The number of nitrogens with one attached hydrogen (secondary N) is 1. The maximum absolute atomic E-state index is 13.1. The predicted molar refractivity (Wildman–Crippen MR) is 292 cm³/mol. The highest BCUT2D eigenvalue weighted by Gasteiger charge is 2.44. The second-order valence-electron chi connectivity index (χ2n) is 21.3. The van der Waals surface area contributed by atoms with Crippen molar-refractivity contribution in [3.8, 4) is 0 Å². The average Bonchev–Trinajstić information content (AvgIpc) is 3.36. The van der Waals surface area contributed by atoms with E-state index < -0.39 is 61.5 Å². The van der Waals surface area contributed by atoms with Gasteiger partial charge in [-0.05, 0) is 44.9 Å². The van der Waals surface area contributed by atoms with E-state index in [-0.39, 0.29) is 6.61 Å². The molecule has 1 heterocycles. The molecule has 0 aliphatic carbocycles. The van der Waals surface area contributed by atoms with Crippen molar-refractivity contribution in [2.75, 3.05) is 13.2 Å². The van der Waals surface area contributed by atoms with Crippen molar-refractivity contribution in [3.05, 3.63) is 24.3 Å². The zero-order chi connectivity index (χ0) is 51.0. The summed E-state index contributed by atoms with van der Waals surface area (Å²) in [6, 6.07) is -0.979. The van der Waals surface area contributed by atoms with Gasteiger partial charge in [0.1, 0.15) is 30.5 Å². The van der Waals surface area contributed by atoms with E-state index >= 15 is 0 Å². The number of rotatable bonds is 52. The largest absolute Gasteiger partial charge is 0.394 e. The summed E-state index contributed by atoms with van der Waals surface area (Å²) in [6.45, 7) is 3.65. The molecule has 1 fully saturated rings. The Kier molecular flexibility index (Phi) is 47.4. The maximum atomic E-state index is 13.1. The molecular weight excluding hydrogens is 879 g/mol. The molecule has 414 valence electrons. The van der Waals surface area contributed by atoms with Crippen molar-refractivity contribution in [1.82, 2.24) is 5.32 Å². The van der Waals surface area contributed by atoms with E-state index in [0.717, 1.165) is 44.9 Å². The number of allylic oxidation sites excluding steroid dienone is 3. The maximum Gasteiger partial charge on any atom is 0.249 e. The third-order valence-electron chi connectivity index (χ3n) is 14.6. The van der Waals surface area contributed by atoms with Gasteiger partial charge in [-0.2, -0.15) is 0 Å². The Morgan fingerprint density at radius 1 is 0.486 bits per heavy atom. The first-order valence-electron chi connectivity index (χ1n) is 30.2. The van der Waals surface area contributed by atoms with Crippen LogP contribution in [-0.2, 0) is 14.3 Å². The van der Waals surface area contributed by atoms with Gasteiger partial charge in [-0.1, -0.05) is 269 Å². The quantitative estimate of drug-likeness (QED) is 0.0232. The molecule has 1 rings (SSSR count). The number of carbonyl (C=O) groups is 1. The van der Waals surface area contributed by atoms with Gasteiger partial charge in [0.2, 0.25) is 5.91 Å². The number of hydrogen-bond acceptors (Lipinski definition) is 9. The topological polar surface area (TPSA) is 169 Å². The first-order chi connectivity index (χ1) is 34.3. The van der Waals surface area contributed by atoms with E-state index in [9.17, 15) is 35.4 Å². The summed E-state index contributed by atoms with van der Waals surface area (Å²) in [6.07, 6.45) is 52.8. The molecule has 8 unspecified atom stereocenters. The summed E-state index contributed by atoms with van der Waals surface area (Å²) in [5.41, 5.74) is 0. The number of amides is 1. The lowest BCUT2D eigenvalue weighted by Gasteiger charge is -2.40. The Morgan fingerprint density at radius 2 is 0.829 bits per heavy atom. The van der Waals surface area contributed by atoms with Crippen LogP contribution in [0.5, 0.6) is 0 Å². The second kappa shape index (κ2) is 49.8. The summed E-state index contributed by atoms with van der Waals surface area (Å²) in [4.78, 5) is 13.1. The molecule has 7 N–H and O–H groups in total. The van der Waals surface area contributed by atoms with Gasteiger partial charge in [-0.3, -0.25) is 4.79 Å². The fraction of sp³-hybridized carbons (Fsp3) is 0.917. The monoisotopic (exact) mass is 994 g/mol. The molecule has 8 atom stereocenters. The lowest BCUT2D eigenvalue weighted by molar-refractivity contribution is -0.302. The van der Waals surface area contributed by atoms with Crippen molar-refractivity contribution in [3.63, 3.8) is 0 Å². The van der Waals surface area contributed by atoms with Crippen LogP contribution in [0.2, 0.25) is 0 Å². The zero-order valence-corrected chi connectivity index (χ0v) is 45.7. The van der Waals surface area contributed by atoms with E-state index in [1.54, 1.807) is 6.08 Å². The van der Waals surface area contributed by atoms with Crippen LogP contribution in [-0.4, -0.2) is 98.7 Å². The molecule has 1 aliphatic rings. The Labute approximate surface area is 431 Å². The van der Waals surface area contributed by atoms with Gasteiger partial charge in [0.15, 0.2) is 6.29 Å². The van der Waals surface area contributed by atoms with Crippen molar-refractivity contribution >= 4 is 5.91 Å². The van der Waals surface area contributed by atoms with Crippen molar-refractivity contribution in [2.24, 2.45) is 0 Å². The normalized spacial score (nSPS) is 19.9. The molecule has 0 radical (unpaired) electrons. The highest BCUT2D eigenvalue weighted by Crippen LogP contribution is 2.23. The Bertz CT molecular complexity index is 1170. The van der Waals surface area contributed by atoms with Gasteiger partial charge < -0.3 is 45.4 Å². The molecule has 1 amide bonds. The van der Waals surface area contributed by atoms with Crippen LogP contribution >= 0.6 is 0 Å². The van der Waals surface area contributed by atoms with Crippen LogP contribution < -0.4 is 5.32 Å². The summed E-state index contributed by atoms with van der Waals surface area (Å²) < 4.78 is 11.2. The van der Waals surface area contributed by atoms with Crippen LogP contribution in [0.25, 0.3) is 0 Å². The molecule has 10 heteroatoms. The second-order valence-corrected chi connectivity index (χ2v) is 21.3. The summed E-state index contributed by atoms with van der Waals surface area (Å²) in [5, 5.41) is 65.1. The summed E-state index contributed by atoms with van der Waals surface area (Å²) >= 11 is 0. The van der Waals surface area contributed by atoms with Crippen molar-refractivity contribution in [2.45, 2.75) is 339 Å². The minimum Gasteiger partial charge on any atom is -0.394 e. The van der Waals surface area contributed by atoms with Crippen LogP contribution in [0.3, 0.4) is 0 Å². The third kappa shape index (κ3) is 38.2. The molecule has 0 spiro atoms. The van der Waals surface area contributed by atoms with Crippen LogP contribution in [0.1, 0.15) is 290 Å². The molecule has 10 nitrogen and oxygen atoms in total. The zero-order valence-electron chi connectivity index (χ0n) is 45.7. The average molecular weight is 995 g/mol. The number of unbranched alkanes of at least 4 members (excludes halogenated alkanes) is 39. The van der Waals surface area contributed by atoms with Gasteiger partial charge >= 0.3 is 0 Å². The van der Waals surface area contributed by atoms with Gasteiger partial charge in [0.25, 0.3) is 0 Å². The number of ether oxygens (including phenoxy) is 2.